The van der Waals surface area contributed by atoms with Crippen molar-refractivity contribution in [2.75, 3.05) is 26.2 Å². The number of fused-ring (bicyclic) bond motifs is 1. The van der Waals surface area contributed by atoms with Gasteiger partial charge < -0.3 is 14.1 Å². The number of benzene rings is 3. The lowest BCUT2D eigenvalue weighted by atomic mass is 10.1. The molecule has 0 unspecified atom stereocenters. The van der Waals surface area contributed by atoms with Crippen molar-refractivity contribution in [1.29, 1.82) is 0 Å². The van der Waals surface area contributed by atoms with E-state index < -0.39 is 11.7 Å². The SMILES string of the molecule is O=C(c1ccc(COc2cccc3ccccc23)o1)N1CCN(Cc2cccc(C(F)(F)F)c2)CC1. The molecule has 0 bridgehead atoms. The van der Waals surface area contributed by atoms with Crippen molar-refractivity contribution in [3.8, 4) is 5.75 Å². The zero-order valence-corrected chi connectivity index (χ0v) is 19.5. The molecule has 0 spiro atoms. The van der Waals surface area contributed by atoms with Gasteiger partial charge in [0.05, 0.1) is 5.56 Å². The maximum atomic E-state index is 13.0. The topological polar surface area (TPSA) is 45.9 Å². The van der Waals surface area contributed by atoms with Crippen molar-refractivity contribution in [2.24, 2.45) is 0 Å². The Labute approximate surface area is 206 Å². The Morgan fingerprint density at radius 1 is 0.889 bits per heavy atom. The fourth-order valence-electron chi connectivity index (χ4n) is 4.41. The number of amides is 1. The van der Waals surface area contributed by atoms with E-state index in [-0.39, 0.29) is 18.3 Å². The van der Waals surface area contributed by atoms with E-state index in [1.54, 1.807) is 23.1 Å². The number of halogens is 3. The van der Waals surface area contributed by atoms with Crippen LogP contribution in [0.5, 0.6) is 5.75 Å². The van der Waals surface area contributed by atoms with Crippen LogP contribution in [0.25, 0.3) is 10.8 Å². The summed E-state index contributed by atoms with van der Waals surface area (Å²) in [7, 11) is 0. The van der Waals surface area contributed by atoms with Gasteiger partial charge in [-0.05, 0) is 35.2 Å². The summed E-state index contributed by atoms with van der Waals surface area (Å²) in [6.07, 6.45) is -4.36. The molecule has 0 N–H and O–H groups in total. The lowest BCUT2D eigenvalue weighted by Gasteiger charge is -2.34. The summed E-state index contributed by atoms with van der Waals surface area (Å²) in [6, 6.07) is 22.6. The molecule has 8 heteroatoms. The molecule has 0 saturated carbocycles. The zero-order valence-electron chi connectivity index (χ0n) is 19.5. The quantitative estimate of drug-likeness (QED) is 0.330. The molecule has 1 amide bonds. The van der Waals surface area contributed by atoms with Crippen LogP contribution in [0.3, 0.4) is 0 Å². The lowest BCUT2D eigenvalue weighted by molar-refractivity contribution is -0.137. The molecule has 186 valence electrons. The van der Waals surface area contributed by atoms with Gasteiger partial charge in [-0.15, -0.1) is 0 Å². The van der Waals surface area contributed by atoms with Crippen LogP contribution in [0.2, 0.25) is 0 Å². The third-order valence-electron chi connectivity index (χ3n) is 6.31. The molecule has 0 atom stereocenters. The molecule has 0 aliphatic carbocycles. The van der Waals surface area contributed by atoms with Crippen LogP contribution in [0, 0.1) is 0 Å². The molecule has 0 radical (unpaired) electrons. The molecule has 1 aromatic heterocycles. The Balaban J connectivity index is 1.15. The molecule has 1 fully saturated rings. The number of ether oxygens (including phenoxy) is 1. The van der Waals surface area contributed by atoms with Gasteiger partial charge in [0.25, 0.3) is 5.91 Å². The van der Waals surface area contributed by atoms with E-state index in [0.717, 1.165) is 22.6 Å². The van der Waals surface area contributed by atoms with Crippen molar-refractivity contribution in [2.45, 2.75) is 19.3 Å². The third-order valence-corrected chi connectivity index (χ3v) is 6.31. The summed E-state index contributed by atoms with van der Waals surface area (Å²) in [5, 5.41) is 2.09. The van der Waals surface area contributed by atoms with Gasteiger partial charge in [-0.1, -0.05) is 54.6 Å². The molecule has 2 heterocycles. The zero-order chi connectivity index (χ0) is 25.1. The van der Waals surface area contributed by atoms with Gasteiger partial charge in [-0.25, -0.2) is 0 Å². The average molecular weight is 495 g/mol. The third kappa shape index (κ3) is 5.39. The Kier molecular flexibility index (Phi) is 6.69. The van der Waals surface area contributed by atoms with Crippen molar-refractivity contribution in [3.63, 3.8) is 0 Å². The first kappa shape index (κ1) is 23.9. The van der Waals surface area contributed by atoms with E-state index in [2.05, 4.69) is 0 Å². The number of alkyl halides is 3. The Morgan fingerprint density at radius 3 is 2.44 bits per heavy atom. The molecular weight excluding hydrogens is 469 g/mol. The number of nitrogens with zero attached hydrogens (tertiary/aromatic N) is 2. The predicted octanol–water partition coefficient (Wildman–Crippen LogP) is 5.99. The number of rotatable bonds is 6. The van der Waals surface area contributed by atoms with Gasteiger partial charge in [0, 0.05) is 38.1 Å². The van der Waals surface area contributed by atoms with Gasteiger partial charge in [0.1, 0.15) is 18.1 Å². The molecule has 5 rings (SSSR count). The average Bonchev–Trinajstić information content (AvgIpc) is 3.36. The maximum Gasteiger partial charge on any atom is 0.416 e. The second-order valence-corrected chi connectivity index (χ2v) is 8.80. The van der Waals surface area contributed by atoms with Crippen LogP contribution in [0.4, 0.5) is 13.2 Å². The predicted molar refractivity (Wildman–Crippen MR) is 130 cm³/mol. The van der Waals surface area contributed by atoms with Gasteiger partial charge in [0.15, 0.2) is 5.76 Å². The van der Waals surface area contributed by atoms with Crippen LogP contribution in [-0.2, 0) is 19.3 Å². The highest BCUT2D eigenvalue weighted by Crippen LogP contribution is 2.30. The molecule has 36 heavy (non-hydrogen) atoms. The smallest absolute Gasteiger partial charge is 0.416 e. The maximum absolute atomic E-state index is 13.0. The van der Waals surface area contributed by atoms with E-state index in [9.17, 15) is 18.0 Å². The van der Waals surface area contributed by atoms with E-state index >= 15 is 0 Å². The van der Waals surface area contributed by atoms with Crippen LogP contribution >= 0.6 is 0 Å². The van der Waals surface area contributed by atoms with Crippen LogP contribution in [0.15, 0.2) is 83.3 Å². The number of furan rings is 1. The molecule has 1 aliphatic heterocycles. The normalized spacial score (nSPS) is 14.8. The monoisotopic (exact) mass is 494 g/mol. The van der Waals surface area contributed by atoms with Crippen LogP contribution < -0.4 is 4.74 Å². The van der Waals surface area contributed by atoms with E-state index in [1.165, 1.54) is 12.1 Å². The molecule has 1 aliphatic rings. The fraction of sp³-hybridized carbons (Fsp3) is 0.250. The molecular formula is C28H25F3N2O3. The Morgan fingerprint density at radius 2 is 1.64 bits per heavy atom. The number of hydrogen-bond acceptors (Lipinski definition) is 4. The Bertz CT molecular complexity index is 1350. The highest BCUT2D eigenvalue weighted by molar-refractivity contribution is 5.91. The highest BCUT2D eigenvalue weighted by Gasteiger charge is 2.31. The second kappa shape index (κ2) is 10.1. The molecule has 4 aromatic rings. The van der Waals surface area contributed by atoms with Crippen LogP contribution in [-0.4, -0.2) is 41.9 Å². The fourth-order valence-corrected chi connectivity index (χ4v) is 4.41. The summed E-state index contributed by atoms with van der Waals surface area (Å²) in [4.78, 5) is 16.7. The minimum Gasteiger partial charge on any atom is -0.485 e. The van der Waals surface area contributed by atoms with Gasteiger partial charge in [-0.2, -0.15) is 13.2 Å². The van der Waals surface area contributed by atoms with E-state index in [0.29, 0.717) is 44.0 Å². The summed E-state index contributed by atoms with van der Waals surface area (Å²) in [5.41, 5.74) is -0.0432. The lowest BCUT2D eigenvalue weighted by Crippen LogP contribution is -2.48. The minimum atomic E-state index is -4.36. The standard InChI is InChI=1S/C28H25F3N2O3/c29-28(30,31)22-8-3-5-20(17-22)18-32-13-15-33(16-14-32)27(34)26-12-11-23(36-26)19-35-25-10-4-7-21-6-1-2-9-24(21)25/h1-12,17H,13-16,18-19H2. The van der Waals surface area contributed by atoms with Crippen LogP contribution in [0.1, 0.15) is 27.4 Å². The van der Waals surface area contributed by atoms with Crippen molar-refractivity contribution < 1.29 is 27.1 Å². The van der Waals surface area contributed by atoms with Crippen molar-refractivity contribution in [1.82, 2.24) is 9.80 Å². The molecule has 3 aromatic carbocycles. The summed E-state index contributed by atoms with van der Waals surface area (Å²) < 4.78 is 50.6. The minimum absolute atomic E-state index is 0.200. The Hall–Kier alpha value is -3.78. The van der Waals surface area contributed by atoms with Gasteiger partial charge >= 0.3 is 6.18 Å². The van der Waals surface area contributed by atoms with Gasteiger partial charge in [0.2, 0.25) is 0 Å². The van der Waals surface area contributed by atoms with Gasteiger partial charge in [-0.3, -0.25) is 9.69 Å². The number of carbonyl (C=O) groups excluding carboxylic acids is 1. The number of hydrogen-bond donors (Lipinski definition) is 0. The van der Waals surface area contributed by atoms with Crippen molar-refractivity contribution >= 4 is 16.7 Å². The second-order valence-electron chi connectivity index (χ2n) is 8.80. The molecule has 1 saturated heterocycles. The van der Waals surface area contributed by atoms with Crippen molar-refractivity contribution in [3.05, 3.63) is 102 Å². The van der Waals surface area contributed by atoms with E-state index in [1.807, 2.05) is 47.4 Å². The number of piperazine rings is 1. The summed E-state index contributed by atoms with van der Waals surface area (Å²) in [5.74, 6) is 1.34. The first-order valence-corrected chi connectivity index (χ1v) is 11.7. The first-order valence-electron chi connectivity index (χ1n) is 11.7. The summed E-state index contributed by atoms with van der Waals surface area (Å²) >= 11 is 0. The largest absolute Gasteiger partial charge is 0.485 e. The summed E-state index contributed by atoms with van der Waals surface area (Å²) in [6.45, 7) is 2.69. The highest BCUT2D eigenvalue weighted by atomic mass is 19.4. The van der Waals surface area contributed by atoms with E-state index in [4.69, 9.17) is 9.15 Å². The number of carbonyl (C=O) groups is 1. The molecule has 5 nitrogen and oxygen atoms in total. The first-order chi connectivity index (χ1) is 17.4.